The summed E-state index contributed by atoms with van der Waals surface area (Å²) in [5, 5.41) is 0. The zero-order valence-corrected chi connectivity index (χ0v) is 45.0. The van der Waals surface area contributed by atoms with Gasteiger partial charge in [-0.2, -0.15) is 0 Å². The number of alkyl halides is 15. The fourth-order valence-corrected chi connectivity index (χ4v) is 38.6. The first kappa shape index (κ1) is 56.2. The van der Waals surface area contributed by atoms with Crippen molar-refractivity contribution in [1.82, 2.24) is 0 Å². The molecule has 0 aliphatic heterocycles. The van der Waals surface area contributed by atoms with Crippen molar-refractivity contribution in [1.29, 1.82) is 0 Å². The van der Waals surface area contributed by atoms with Gasteiger partial charge in [-0.25, -0.2) is 0 Å². The van der Waals surface area contributed by atoms with Crippen molar-refractivity contribution in [3.8, 4) is 22.3 Å². The van der Waals surface area contributed by atoms with Crippen LogP contribution in [0.1, 0.15) is 135 Å². The molecule has 19 heteroatoms. The van der Waals surface area contributed by atoms with Gasteiger partial charge in [0.25, 0.3) is 0 Å². The quantitative estimate of drug-likeness (QED) is 0.110. The molecular formula is C54H53Cl2F15SiZr. The van der Waals surface area contributed by atoms with Crippen molar-refractivity contribution < 1.29 is 83.3 Å². The minimum absolute atomic E-state index is 0. The van der Waals surface area contributed by atoms with E-state index in [0.717, 1.165) is 75.4 Å². The molecule has 6 aliphatic rings. The van der Waals surface area contributed by atoms with Gasteiger partial charge < -0.3 is 0 Å². The molecule has 0 aromatic heterocycles. The molecule has 0 spiro atoms. The van der Waals surface area contributed by atoms with E-state index in [1.165, 1.54) is 24.3 Å². The molecule has 0 saturated heterocycles. The van der Waals surface area contributed by atoms with Crippen LogP contribution in [0.25, 0.3) is 34.4 Å². The summed E-state index contributed by atoms with van der Waals surface area (Å²) in [5.41, 5.74) is -3.76. The van der Waals surface area contributed by atoms with Crippen LogP contribution in [0.3, 0.4) is 0 Å². The van der Waals surface area contributed by atoms with Crippen molar-refractivity contribution in [3.05, 3.63) is 128 Å². The average molecular weight is 1180 g/mol. The van der Waals surface area contributed by atoms with E-state index >= 15 is 13.2 Å². The third-order valence-corrected chi connectivity index (χ3v) is 40.8. The summed E-state index contributed by atoms with van der Waals surface area (Å²) in [4.78, 5) is 0. The summed E-state index contributed by atoms with van der Waals surface area (Å²) in [7, 11) is 0. The predicted molar refractivity (Wildman–Crippen MR) is 257 cm³/mol. The molecule has 0 N–H and O–H groups in total. The van der Waals surface area contributed by atoms with Crippen LogP contribution in [0.5, 0.6) is 0 Å². The Labute approximate surface area is 428 Å². The van der Waals surface area contributed by atoms with Gasteiger partial charge in [-0.3, -0.25) is 0 Å². The van der Waals surface area contributed by atoms with Crippen LogP contribution in [0, 0.1) is 22.7 Å². The van der Waals surface area contributed by atoms with Crippen LogP contribution in [-0.2, 0) is 42.1 Å². The zero-order valence-electron chi connectivity index (χ0n) is 39.5. The van der Waals surface area contributed by atoms with E-state index in [1.807, 2.05) is 16.8 Å². The summed E-state index contributed by atoms with van der Waals surface area (Å²) in [6.45, 7) is 1.62. The summed E-state index contributed by atoms with van der Waals surface area (Å²) in [6.07, 6.45) is -13.0. The van der Waals surface area contributed by atoms with E-state index in [9.17, 15) is 52.7 Å². The second-order valence-corrected chi connectivity index (χ2v) is 51.2. The second-order valence-electron chi connectivity index (χ2n) is 22.8. The molecule has 4 aromatic carbocycles. The Morgan fingerprint density at radius 1 is 0.507 bits per heavy atom. The first-order valence-corrected chi connectivity index (χ1v) is 37.2. The van der Waals surface area contributed by atoms with Gasteiger partial charge in [-0.15, -0.1) is 24.8 Å². The van der Waals surface area contributed by atoms with E-state index in [1.54, 1.807) is 19.0 Å². The Hall–Kier alpha value is -3.01. The monoisotopic (exact) mass is 1170 g/mol. The van der Waals surface area contributed by atoms with Gasteiger partial charge >= 0.3 is 406 Å². The number of hydrogen-bond donors (Lipinski definition) is 0. The van der Waals surface area contributed by atoms with Crippen LogP contribution in [0.2, 0.25) is 8.76 Å². The van der Waals surface area contributed by atoms with Gasteiger partial charge in [0.15, 0.2) is 0 Å². The topological polar surface area (TPSA) is 0 Å². The first-order chi connectivity index (χ1) is 32.8. The Bertz CT molecular complexity index is 2700. The van der Waals surface area contributed by atoms with Crippen molar-refractivity contribution in [2.75, 3.05) is 0 Å². The van der Waals surface area contributed by atoms with Crippen LogP contribution in [0.4, 0.5) is 65.9 Å². The van der Waals surface area contributed by atoms with Gasteiger partial charge in [0.05, 0.1) is 0 Å². The number of fused-ring (bicyclic) bond motifs is 6. The fraction of sp³-hybridized carbons (Fsp3) is 0.481. The first-order valence-electron chi connectivity index (χ1n) is 24.2. The van der Waals surface area contributed by atoms with Crippen molar-refractivity contribution >= 4 is 43.8 Å². The average Bonchev–Trinajstić information content (AvgIpc) is 4.14. The standard InChI is InChI=1S/2C25H21F6.C3H4F3.CH3.2ClH.H2Si.Zr/c2*26-24(27,28)19-10-18(11-20(12-19)25(29,30)31)21-3-1-2-17-8-16(9-22(17)21)14-23-6-4-15(13-23)5-7-23;1-2-3(4,5)6;;;;;/h2*1-3,8-12,15H,4-7,13-14H2;1-2H2;1H3;2*1H;1H2;. The summed E-state index contributed by atoms with van der Waals surface area (Å²) < 4.78 is 218. The van der Waals surface area contributed by atoms with E-state index in [-0.39, 0.29) is 74.2 Å². The molecule has 73 heavy (non-hydrogen) atoms. The molecule has 4 saturated carbocycles. The summed E-state index contributed by atoms with van der Waals surface area (Å²) >= 11 is -5.75. The Kier molecular flexibility index (Phi) is 14.3. The van der Waals surface area contributed by atoms with Gasteiger partial charge in [0.1, 0.15) is 0 Å². The molecule has 2 atom stereocenters. The van der Waals surface area contributed by atoms with Gasteiger partial charge in [-0.1, -0.05) is 0 Å². The van der Waals surface area contributed by atoms with Crippen LogP contribution >= 0.6 is 24.8 Å². The molecule has 4 fully saturated rings. The maximum atomic E-state index is 15.2. The van der Waals surface area contributed by atoms with Gasteiger partial charge in [0, 0.05) is 0 Å². The third-order valence-electron chi connectivity index (χ3n) is 17.9. The number of benzene rings is 4. The SMILES string of the molecule is Cl.Cl.[CH3][Zr](=[SiH2])([CH2]CC(F)(F)F)([CH]1C(CC23CCC(CC2)C3)=Cc2c(-c3cc(C(F)(F)F)cc(C(F)(F)F)c3)cccc21)[CH]1C(CC23CCC(CC2)C3)=Cc2c(-c3cc(C(F)(F)F)cc(C(F)(F)F)c3)cccc21. The molecule has 4 bridgehead atoms. The van der Waals surface area contributed by atoms with Crippen LogP contribution < -0.4 is 0 Å². The molecule has 0 amide bonds. The number of halogens is 17. The molecule has 0 radical (unpaired) electrons. The molecular weight excluding hydrogens is 1120 g/mol. The molecule has 396 valence electrons. The molecule has 10 rings (SSSR count). The number of rotatable bonds is 10. The van der Waals surface area contributed by atoms with Gasteiger partial charge in [0.2, 0.25) is 0 Å². The molecule has 0 heterocycles. The van der Waals surface area contributed by atoms with Crippen LogP contribution in [0.15, 0.2) is 83.9 Å². The van der Waals surface area contributed by atoms with Gasteiger partial charge in [-0.05, 0) is 0 Å². The van der Waals surface area contributed by atoms with Crippen molar-refractivity contribution in [2.45, 2.75) is 130 Å². The number of hydrogen-bond acceptors (Lipinski definition) is 0. The summed E-state index contributed by atoms with van der Waals surface area (Å²) in [6, 6.07) is 12.2. The van der Waals surface area contributed by atoms with Crippen molar-refractivity contribution in [2.24, 2.45) is 22.7 Å². The number of allylic oxidation sites excluding steroid dienone is 2. The van der Waals surface area contributed by atoms with Crippen molar-refractivity contribution in [3.63, 3.8) is 0 Å². The van der Waals surface area contributed by atoms with E-state index in [4.69, 9.17) is 0 Å². The predicted octanol–water partition coefficient (Wildman–Crippen LogP) is 19.1. The minimum atomic E-state index is -5.75. The Morgan fingerprint density at radius 3 is 1.11 bits per heavy atom. The van der Waals surface area contributed by atoms with E-state index < -0.39 is 84.2 Å². The zero-order chi connectivity index (χ0) is 51.1. The molecule has 0 nitrogen and oxygen atoms in total. The Morgan fingerprint density at radius 2 is 0.836 bits per heavy atom. The molecule has 2 unspecified atom stereocenters. The fourth-order valence-electron chi connectivity index (χ4n) is 14.9. The van der Waals surface area contributed by atoms with Crippen LogP contribution in [-0.4, -0.2) is 13.1 Å². The van der Waals surface area contributed by atoms with E-state index in [2.05, 4.69) is 0 Å². The maximum absolute atomic E-state index is 15.2. The third kappa shape index (κ3) is 10.3. The normalized spacial score (nSPS) is 25.8. The van der Waals surface area contributed by atoms with E-state index in [0.29, 0.717) is 71.2 Å². The second kappa shape index (κ2) is 18.6. The Balaban J connectivity index is 0.00000356. The summed E-state index contributed by atoms with van der Waals surface area (Å²) in [5.74, 6) is 0.891. The molecule has 6 aliphatic carbocycles. The molecule has 4 aromatic rings.